The van der Waals surface area contributed by atoms with Crippen molar-refractivity contribution in [3.05, 3.63) is 30.1 Å². The SMILES string of the molecule is CCC(N)C(c1ccccn1)N1CCSC(C)C1C. The molecule has 4 heteroatoms. The summed E-state index contributed by atoms with van der Waals surface area (Å²) in [5.74, 6) is 1.19. The third-order valence-corrected chi connectivity index (χ3v) is 5.50. The van der Waals surface area contributed by atoms with Gasteiger partial charge in [0.2, 0.25) is 0 Å². The van der Waals surface area contributed by atoms with Crippen LogP contribution in [0.2, 0.25) is 0 Å². The Bertz CT molecular complexity index is 384. The van der Waals surface area contributed by atoms with Crippen LogP contribution in [0, 0.1) is 0 Å². The van der Waals surface area contributed by atoms with Crippen molar-refractivity contribution in [1.82, 2.24) is 9.88 Å². The van der Waals surface area contributed by atoms with Gasteiger partial charge < -0.3 is 5.73 Å². The highest BCUT2D eigenvalue weighted by molar-refractivity contribution is 8.00. The number of aromatic nitrogens is 1. The number of thioether (sulfide) groups is 1. The number of hydrogen-bond acceptors (Lipinski definition) is 4. The fraction of sp³-hybridized carbons (Fsp3) is 0.667. The summed E-state index contributed by atoms with van der Waals surface area (Å²) in [4.78, 5) is 7.11. The first-order valence-corrected chi connectivity index (χ1v) is 8.23. The predicted octanol–water partition coefficient (Wildman–Crippen LogP) is 2.69. The molecule has 1 aromatic heterocycles. The molecule has 2 N–H and O–H groups in total. The molecule has 1 fully saturated rings. The zero-order valence-corrected chi connectivity index (χ0v) is 12.9. The maximum Gasteiger partial charge on any atom is 0.0676 e. The second-order valence-electron chi connectivity index (χ2n) is 5.33. The highest BCUT2D eigenvalue weighted by Gasteiger charge is 2.34. The van der Waals surface area contributed by atoms with Gasteiger partial charge in [0.25, 0.3) is 0 Å². The average Bonchev–Trinajstić information content (AvgIpc) is 2.44. The summed E-state index contributed by atoms with van der Waals surface area (Å²) in [6.45, 7) is 7.89. The number of rotatable bonds is 4. The van der Waals surface area contributed by atoms with Gasteiger partial charge in [-0.2, -0.15) is 11.8 Å². The molecule has 0 saturated carbocycles. The van der Waals surface area contributed by atoms with E-state index in [0.29, 0.717) is 11.3 Å². The first-order valence-electron chi connectivity index (χ1n) is 7.19. The van der Waals surface area contributed by atoms with Crippen LogP contribution in [0.1, 0.15) is 38.9 Å². The van der Waals surface area contributed by atoms with Crippen molar-refractivity contribution in [1.29, 1.82) is 0 Å². The van der Waals surface area contributed by atoms with Gasteiger partial charge in [-0.05, 0) is 25.5 Å². The summed E-state index contributed by atoms with van der Waals surface area (Å²) in [6, 6.07) is 7.07. The smallest absolute Gasteiger partial charge is 0.0676 e. The van der Waals surface area contributed by atoms with E-state index in [1.807, 2.05) is 12.3 Å². The topological polar surface area (TPSA) is 42.1 Å². The summed E-state index contributed by atoms with van der Waals surface area (Å²) < 4.78 is 0. The summed E-state index contributed by atoms with van der Waals surface area (Å²) in [7, 11) is 0. The van der Waals surface area contributed by atoms with Crippen LogP contribution >= 0.6 is 11.8 Å². The average molecular weight is 279 g/mol. The maximum atomic E-state index is 6.40. The van der Waals surface area contributed by atoms with Crippen molar-refractivity contribution in [2.24, 2.45) is 5.73 Å². The second-order valence-corrected chi connectivity index (χ2v) is 6.81. The summed E-state index contributed by atoms with van der Waals surface area (Å²) >= 11 is 2.06. The number of nitrogens with two attached hydrogens (primary N) is 1. The van der Waals surface area contributed by atoms with Crippen molar-refractivity contribution >= 4 is 11.8 Å². The zero-order valence-electron chi connectivity index (χ0n) is 12.1. The zero-order chi connectivity index (χ0) is 13.8. The molecule has 0 amide bonds. The van der Waals surface area contributed by atoms with Gasteiger partial charge in [0, 0.05) is 35.8 Å². The Morgan fingerprint density at radius 2 is 2.26 bits per heavy atom. The molecule has 0 bridgehead atoms. The van der Waals surface area contributed by atoms with Crippen LogP contribution in [0.25, 0.3) is 0 Å². The highest BCUT2D eigenvalue weighted by Crippen LogP contribution is 2.33. The predicted molar refractivity (Wildman–Crippen MR) is 83.3 cm³/mol. The second kappa shape index (κ2) is 6.73. The lowest BCUT2D eigenvalue weighted by Crippen LogP contribution is -2.51. The molecule has 106 valence electrons. The Balaban J connectivity index is 2.27. The van der Waals surface area contributed by atoms with Gasteiger partial charge >= 0.3 is 0 Å². The quantitative estimate of drug-likeness (QED) is 0.920. The fourth-order valence-electron chi connectivity index (χ4n) is 2.76. The molecule has 1 aromatic rings. The minimum Gasteiger partial charge on any atom is -0.326 e. The van der Waals surface area contributed by atoms with Crippen molar-refractivity contribution in [2.45, 2.75) is 50.6 Å². The van der Waals surface area contributed by atoms with E-state index in [1.54, 1.807) is 0 Å². The van der Waals surface area contributed by atoms with E-state index in [2.05, 4.69) is 54.5 Å². The molecule has 3 nitrogen and oxygen atoms in total. The Morgan fingerprint density at radius 1 is 1.47 bits per heavy atom. The van der Waals surface area contributed by atoms with Gasteiger partial charge in [-0.1, -0.05) is 19.9 Å². The van der Waals surface area contributed by atoms with Gasteiger partial charge in [0.1, 0.15) is 0 Å². The van der Waals surface area contributed by atoms with E-state index in [9.17, 15) is 0 Å². The lowest BCUT2D eigenvalue weighted by atomic mass is 9.98. The molecule has 2 rings (SSSR count). The van der Waals surface area contributed by atoms with E-state index in [-0.39, 0.29) is 12.1 Å². The number of pyridine rings is 1. The molecule has 1 aliphatic heterocycles. The lowest BCUT2D eigenvalue weighted by Gasteiger charge is -2.44. The van der Waals surface area contributed by atoms with E-state index in [0.717, 1.165) is 18.7 Å². The van der Waals surface area contributed by atoms with Crippen LogP contribution in [0.4, 0.5) is 0 Å². The van der Waals surface area contributed by atoms with E-state index >= 15 is 0 Å². The Kier molecular flexibility index (Phi) is 5.25. The first kappa shape index (κ1) is 14.8. The highest BCUT2D eigenvalue weighted by atomic mass is 32.2. The monoisotopic (exact) mass is 279 g/mol. The minimum absolute atomic E-state index is 0.146. The van der Waals surface area contributed by atoms with Crippen molar-refractivity contribution in [3.63, 3.8) is 0 Å². The molecule has 1 aliphatic rings. The van der Waals surface area contributed by atoms with Crippen molar-refractivity contribution < 1.29 is 0 Å². The number of hydrogen-bond donors (Lipinski definition) is 1. The molecule has 2 heterocycles. The standard InChI is InChI=1S/C15H25N3S/c1-4-13(16)15(14-7-5-6-8-17-14)18-9-10-19-12(3)11(18)2/h5-8,11-13,15H,4,9-10,16H2,1-3H3. The Morgan fingerprint density at radius 3 is 2.89 bits per heavy atom. The number of nitrogens with zero attached hydrogens (tertiary/aromatic N) is 2. The van der Waals surface area contributed by atoms with Crippen LogP contribution in [0.15, 0.2) is 24.4 Å². The van der Waals surface area contributed by atoms with Gasteiger partial charge in [-0.15, -0.1) is 0 Å². The summed E-state index contributed by atoms with van der Waals surface area (Å²) in [5, 5.41) is 0.656. The van der Waals surface area contributed by atoms with Crippen LogP contribution in [0.3, 0.4) is 0 Å². The third kappa shape index (κ3) is 3.30. The molecule has 0 aliphatic carbocycles. The first-order chi connectivity index (χ1) is 9.15. The lowest BCUT2D eigenvalue weighted by molar-refractivity contribution is 0.121. The van der Waals surface area contributed by atoms with Crippen molar-refractivity contribution in [2.75, 3.05) is 12.3 Å². The maximum absolute atomic E-state index is 6.40. The van der Waals surface area contributed by atoms with Gasteiger partial charge in [-0.25, -0.2) is 0 Å². The molecule has 4 atom stereocenters. The minimum atomic E-state index is 0.146. The molecule has 4 unspecified atom stereocenters. The van der Waals surface area contributed by atoms with Crippen LogP contribution in [0.5, 0.6) is 0 Å². The van der Waals surface area contributed by atoms with E-state index < -0.39 is 0 Å². The van der Waals surface area contributed by atoms with Crippen LogP contribution < -0.4 is 5.73 Å². The largest absolute Gasteiger partial charge is 0.326 e. The van der Waals surface area contributed by atoms with Crippen molar-refractivity contribution in [3.8, 4) is 0 Å². The Labute approximate surface area is 121 Å². The molecule has 19 heavy (non-hydrogen) atoms. The van der Waals surface area contributed by atoms with E-state index in [4.69, 9.17) is 5.73 Å². The van der Waals surface area contributed by atoms with Gasteiger partial charge in [0.05, 0.1) is 11.7 Å². The van der Waals surface area contributed by atoms with Crippen LogP contribution in [-0.4, -0.2) is 39.5 Å². The third-order valence-electron chi connectivity index (χ3n) is 4.16. The normalized spacial score (nSPS) is 28.0. The molecular weight excluding hydrogens is 254 g/mol. The molecule has 0 radical (unpaired) electrons. The van der Waals surface area contributed by atoms with Gasteiger partial charge in [-0.3, -0.25) is 9.88 Å². The van der Waals surface area contributed by atoms with E-state index in [1.165, 1.54) is 5.75 Å². The van der Waals surface area contributed by atoms with Crippen LogP contribution in [-0.2, 0) is 0 Å². The molecule has 0 spiro atoms. The molecule has 0 aromatic carbocycles. The van der Waals surface area contributed by atoms with Gasteiger partial charge in [0.15, 0.2) is 0 Å². The summed E-state index contributed by atoms with van der Waals surface area (Å²) in [6.07, 6.45) is 2.85. The molecule has 1 saturated heterocycles. The fourth-order valence-corrected chi connectivity index (χ4v) is 3.88. The molecular formula is C15H25N3S. The Hall–Kier alpha value is -0.580. The summed E-state index contributed by atoms with van der Waals surface area (Å²) in [5.41, 5.74) is 7.51.